The molecule has 0 atom stereocenters. The van der Waals surface area contributed by atoms with Crippen molar-refractivity contribution in [1.29, 1.82) is 0 Å². The average molecular weight is 361 g/mol. The highest BCUT2D eigenvalue weighted by molar-refractivity contribution is 7.09. The summed E-state index contributed by atoms with van der Waals surface area (Å²) in [5.41, 5.74) is 4.07. The standard InChI is InChI=1S/C17H17ClN4OS/c1-12-15(24-11-19-12)10-22(8-13-6-4-3-5-7-13)17(23)16-14(18)9-21(2)20-16/h3-7,9,11H,8,10H2,1-2H3. The molecule has 24 heavy (non-hydrogen) atoms. The number of amides is 1. The highest BCUT2D eigenvalue weighted by Crippen LogP contribution is 2.21. The Hall–Kier alpha value is -2.18. The van der Waals surface area contributed by atoms with E-state index < -0.39 is 0 Å². The number of carbonyl (C=O) groups is 1. The Morgan fingerprint density at radius 1 is 1.29 bits per heavy atom. The van der Waals surface area contributed by atoms with Gasteiger partial charge in [-0.1, -0.05) is 41.9 Å². The van der Waals surface area contributed by atoms with Crippen LogP contribution in [0.1, 0.15) is 26.6 Å². The SMILES string of the molecule is Cc1ncsc1CN(Cc1ccccc1)C(=O)c1nn(C)cc1Cl. The maximum Gasteiger partial charge on any atom is 0.276 e. The van der Waals surface area contributed by atoms with Crippen LogP contribution in [0.15, 0.2) is 42.0 Å². The van der Waals surface area contributed by atoms with E-state index in [1.165, 1.54) is 0 Å². The molecule has 3 rings (SSSR count). The maximum absolute atomic E-state index is 13.0. The van der Waals surface area contributed by atoms with Crippen LogP contribution in [0, 0.1) is 6.92 Å². The molecule has 0 fully saturated rings. The van der Waals surface area contributed by atoms with Gasteiger partial charge in [0.1, 0.15) is 0 Å². The van der Waals surface area contributed by atoms with Gasteiger partial charge in [-0.3, -0.25) is 9.48 Å². The summed E-state index contributed by atoms with van der Waals surface area (Å²) in [4.78, 5) is 20.1. The van der Waals surface area contributed by atoms with Crippen molar-refractivity contribution in [1.82, 2.24) is 19.7 Å². The minimum absolute atomic E-state index is 0.183. The fourth-order valence-electron chi connectivity index (χ4n) is 2.41. The zero-order chi connectivity index (χ0) is 17.1. The van der Waals surface area contributed by atoms with Gasteiger partial charge in [-0.05, 0) is 12.5 Å². The molecule has 0 N–H and O–H groups in total. The Bertz CT molecular complexity index is 843. The molecule has 7 heteroatoms. The van der Waals surface area contributed by atoms with Gasteiger partial charge in [0, 0.05) is 24.7 Å². The Kier molecular flexibility index (Phi) is 4.97. The summed E-state index contributed by atoms with van der Waals surface area (Å²) in [6.45, 7) is 2.92. The second-order valence-corrected chi connectivity index (χ2v) is 6.85. The normalized spacial score (nSPS) is 10.8. The molecule has 0 aliphatic heterocycles. The molecule has 3 aromatic rings. The fourth-order valence-corrected chi connectivity index (χ4v) is 3.46. The lowest BCUT2D eigenvalue weighted by molar-refractivity contribution is 0.0725. The van der Waals surface area contributed by atoms with Crippen LogP contribution in [-0.2, 0) is 20.1 Å². The van der Waals surface area contributed by atoms with E-state index in [0.29, 0.717) is 18.1 Å². The first kappa shape index (κ1) is 16.7. The van der Waals surface area contributed by atoms with Gasteiger partial charge in [-0.25, -0.2) is 4.98 Å². The van der Waals surface area contributed by atoms with Gasteiger partial charge < -0.3 is 4.90 Å². The van der Waals surface area contributed by atoms with Crippen molar-refractivity contribution in [3.05, 3.63) is 68.9 Å². The van der Waals surface area contributed by atoms with Crippen molar-refractivity contribution in [2.45, 2.75) is 20.0 Å². The third-order valence-corrected chi connectivity index (χ3v) is 4.87. The van der Waals surface area contributed by atoms with Gasteiger partial charge in [0.2, 0.25) is 0 Å². The topological polar surface area (TPSA) is 51.0 Å². The molecule has 0 spiro atoms. The van der Waals surface area contributed by atoms with Crippen LogP contribution in [-0.4, -0.2) is 25.6 Å². The number of hydrogen-bond acceptors (Lipinski definition) is 4. The third-order valence-electron chi connectivity index (χ3n) is 3.67. The Morgan fingerprint density at radius 2 is 2.04 bits per heavy atom. The number of aryl methyl sites for hydroxylation is 2. The molecule has 2 heterocycles. The number of aromatic nitrogens is 3. The number of rotatable bonds is 5. The summed E-state index contributed by atoms with van der Waals surface area (Å²) in [5.74, 6) is -0.183. The van der Waals surface area contributed by atoms with Gasteiger partial charge in [0.25, 0.3) is 5.91 Å². The second-order valence-electron chi connectivity index (χ2n) is 5.51. The highest BCUT2D eigenvalue weighted by atomic mass is 35.5. The number of nitrogens with zero attached hydrogens (tertiary/aromatic N) is 4. The quantitative estimate of drug-likeness (QED) is 0.697. The Morgan fingerprint density at radius 3 is 2.62 bits per heavy atom. The van der Waals surface area contributed by atoms with E-state index >= 15 is 0 Å². The van der Waals surface area contributed by atoms with Crippen molar-refractivity contribution in [2.24, 2.45) is 7.05 Å². The van der Waals surface area contributed by atoms with Crippen LogP contribution in [0.3, 0.4) is 0 Å². The van der Waals surface area contributed by atoms with Crippen molar-refractivity contribution >= 4 is 28.8 Å². The van der Waals surface area contributed by atoms with E-state index in [0.717, 1.165) is 16.1 Å². The largest absolute Gasteiger partial charge is 0.328 e. The lowest BCUT2D eigenvalue weighted by Gasteiger charge is -2.22. The molecule has 0 saturated carbocycles. The maximum atomic E-state index is 13.0. The van der Waals surface area contributed by atoms with Crippen LogP contribution < -0.4 is 0 Å². The van der Waals surface area contributed by atoms with Crippen molar-refractivity contribution in [3.8, 4) is 0 Å². The molecular formula is C17H17ClN4OS. The van der Waals surface area contributed by atoms with Gasteiger partial charge in [-0.2, -0.15) is 5.10 Å². The van der Waals surface area contributed by atoms with E-state index in [-0.39, 0.29) is 11.6 Å². The minimum atomic E-state index is -0.183. The predicted octanol–water partition coefficient (Wildman–Crippen LogP) is 3.68. The summed E-state index contributed by atoms with van der Waals surface area (Å²) >= 11 is 7.71. The molecule has 0 aliphatic carbocycles. The van der Waals surface area contributed by atoms with E-state index in [9.17, 15) is 4.79 Å². The molecule has 1 aromatic carbocycles. The lowest BCUT2D eigenvalue weighted by atomic mass is 10.2. The number of carbonyl (C=O) groups excluding carboxylic acids is 1. The molecule has 5 nitrogen and oxygen atoms in total. The van der Waals surface area contributed by atoms with Gasteiger partial charge in [0.05, 0.1) is 22.8 Å². The van der Waals surface area contributed by atoms with Crippen LogP contribution >= 0.6 is 22.9 Å². The monoisotopic (exact) mass is 360 g/mol. The number of hydrogen-bond donors (Lipinski definition) is 0. The van der Waals surface area contributed by atoms with Crippen LogP contribution in [0.5, 0.6) is 0 Å². The first-order chi connectivity index (χ1) is 11.5. The van der Waals surface area contributed by atoms with Crippen LogP contribution in [0.25, 0.3) is 0 Å². The Balaban J connectivity index is 1.90. The molecule has 0 saturated heterocycles. The molecule has 124 valence electrons. The molecule has 0 radical (unpaired) electrons. The first-order valence-electron chi connectivity index (χ1n) is 7.46. The summed E-state index contributed by atoms with van der Waals surface area (Å²) in [5, 5.41) is 4.57. The predicted molar refractivity (Wildman–Crippen MR) is 95.1 cm³/mol. The number of benzene rings is 1. The second kappa shape index (κ2) is 7.15. The summed E-state index contributed by atoms with van der Waals surface area (Å²) in [7, 11) is 1.75. The molecule has 1 amide bonds. The van der Waals surface area contributed by atoms with E-state index in [2.05, 4.69) is 10.1 Å². The van der Waals surface area contributed by atoms with Crippen molar-refractivity contribution in [3.63, 3.8) is 0 Å². The van der Waals surface area contributed by atoms with Crippen molar-refractivity contribution < 1.29 is 4.79 Å². The van der Waals surface area contributed by atoms with E-state index in [4.69, 9.17) is 11.6 Å². The van der Waals surface area contributed by atoms with Gasteiger partial charge in [0.15, 0.2) is 5.69 Å². The summed E-state index contributed by atoms with van der Waals surface area (Å²) in [6, 6.07) is 9.88. The molecule has 0 unspecified atom stereocenters. The van der Waals surface area contributed by atoms with E-state index in [1.54, 1.807) is 39.7 Å². The van der Waals surface area contributed by atoms with Gasteiger partial charge in [-0.15, -0.1) is 11.3 Å². The first-order valence-corrected chi connectivity index (χ1v) is 8.71. The van der Waals surface area contributed by atoms with E-state index in [1.807, 2.05) is 37.3 Å². The molecule has 0 aliphatic rings. The third kappa shape index (κ3) is 3.66. The van der Waals surface area contributed by atoms with Crippen molar-refractivity contribution in [2.75, 3.05) is 0 Å². The van der Waals surface area contributed by atoms with Gasteiger partial charge >= 0.3 is 0 Å². The number of thiazole rings is 1. The minimum Gasteiger partial charge on any atom is -0.328 e. The highest BCUT2D eigenvalue weighted by Gasteiger charge is 2.23. The fraction of sp³-hybridized carbons (Fsp3) is 0.235. The lowest BCUT2D eigenvalue weighted by Crippen LogP contribution is -2.30. The van der Waals surface area contributed by atoms with Crippen LogP contribution in [0.4, 0.5) is 0 Å². The average Bonchev–Trinajstić information content (AvgIpc) is 3.12. The molecular weight excluding hydrogens is 344 g/mol. The Labute approximate surface area is 149 Å². The number of halogens is 1. The summed E-state index contributed by atoms with van der Waals surface area (Å²) < 4.78 is 1.55. The zero-order valence-corrected chi connectivity index (χ0v) is 15.0. The molecule has 2 aromatic heterocycles. The zero-order valence-electron chi connectivity index (χ0n) is 13.4. The van der Waals surface area contributed by atoms with Crippen LogP contribution in [0.2, 0.25) is 5.02 Å². The molecule has 0 bridgehead atoms. The summed E-state index contributed by atoms with van der Waals surface area (Å²) in [6.07, 6.45) is 1.63. The smallest absolute Gasteiger partial charge is 0.276 e.